The summed E-state index contributed by atoms with van der Waals surface area (Å²) < 4.78 is 10.2. The fourth-order valence-corrected chi connectivity index (χ4v) is 2.20. The molecule has 0 fully saturated rings. The minimum atomic E-state index is -0.475. The first-order valence-corrected chi connectivity index (χ1v) is 8.95. The van der Waals surface area contributed by atoms with Gasteiger partial charge in [0.05, 0.1) is 13.2 Å². The van der Waals surface area contributed by atoms with Crippen molar-refractivity contribution in [2.45, 2.75) is 85.0 Å². The third kappa shape index (κ3) is 12.7. The normalized spacial score (nSPS) is 10.7. The van der Waals surface area contributed by atoms with Crippen LogP contribution in [0.2, 0.25) is 0 Å². The topological polar surface area (TPSA) is 52.6 Å². The molecule has 0 saturated heterocycles. The molecule has 130 valence electrons. The zero-order valence-electron chi connectivity index (χ0n) is 14.7. The van der Waals surface area contributed by atoms with Gasteiger partial charge in [0.15, 0.2) is 0 Å². The fourth-order valence-electron chi connectivity index (χ4n) is 2.20. The maximum Gasteiger partial charge on any atom is 0.317 e. The fraction of sp³-hybridized carbons (Fsp3) is 0.889. The second kappa shape index (κ2) is 14.9. The van der Waals surface area contributed by atoms with E-state index in [1.165, 1.54) is 32.1 Å². The number of hydrogen-bond donors (Lipinski definition) is 0. The summed E-state index contributed by atoms with van der Waals surface area (Å²) in [5.41, 5.74) is 0. The Labute approximate surface area is 135 Å². The predicted molar refractivity (Wildman–Crippen MR) is 88.6 cm³/mol. The van der Waals surface area contributed by atoms with Crippen molar-refractivity contribution in [3.8, 4) is 0 Å². The lowest BCUT2D eigenvalue weighted by molar-refractivity contribution is -0.155. The molecule has 0 aliphatic carbocycles. The molecule has 4 heteroatoms. The molecule has 0 heterocycles. The molecule has 0 aromatic heterocycles. The van der Waals surface area contributed by atoms with Gasteiger partial charge in [0, 0.05) is 0 Å². The van der Waals surface area contributed by atoms with Gasteiger partial charge in [-0.05, 0) is 12.3 Å². The van der Waals surface area contributed by atoms with Crippen molar-refractivity contribution in [3.63, 3.8) is 0 Å². The highest BCUT2D eigenvalue weighted by molar-refractivity contribution is 5.91. The lowest BCUT2D eigenvalue weighted by atomic mass is 10.1. The summed E-state index contributed by atoms with van der Waals surface area (Å²) in [7, 11) is 0. The molecular weight excluding hydrogens is 280 g/mol. The Balaban J connectivity index is 3.50. The lowest BCUT2D eigenvalue weighted by Gasteiger charge is -2.12. The number of carbonyl (C=O) groups excluding carboxylic acids is 2. The van der Waals surface area contributed by atoms with E-state index in [-0.39, 0.29) is 6.42 Å². The second-order valence-electron chi connectivity index (χ2n) is 5.88. The first-order chi connectivity index (χ1) is 10.6. The number of carbonyl (C=O) groups is 2. The average Bonchev–Trinajstić information content (AvgIpc) is 2.51. The molecule has 0 unspecified atom stereocenters. The number of esters is 2. The molecule has 0 atom stereocenters. The summed E-state index contributed by atoms with van der Waals surface area (Å²) in [6.45, 7) is 7.15. The molecule has 0 amide bonds. The van der Waals surface area contributed by atoms with Gasteiger partial charge in [-0.1, -0.05) is 72.1 Å². The van der Waals surface area contributed by atoms with Gasteiger partial charge in [-0.25, -0.2) is 0 Å². The number of unbranched alkanes of at least 4 members (excludes halogenated alkanes) is 6. The summed E-state index contributed by atoms with van der Waals surface area (Å²) in [6, 6.07) is 0. The summed E-state index contributed by atoms with van der Waals surface area (Å²) in [5.74, 6) is -0.565. The summed E-state index contributed by atoms with van der Waals surface area (Å²) >= 11 is 0. The number of hydrogen-bond acceptors (Lipinski definition) is 4. The van der Waals surface area contributed by atoms with Gasteiger partial charge in [0.25, 0.3) is 0 Å². The molecule has 22 heavy (non-hydrogen) atoms. The highest BCUT2D eigenvalue weighted by Crippen LogP contribution is 2.09. The summed E-state index contributed by atoms with van der Waals surface area (Å²) in [6.07, 6.45) is 9.93. The Kier molecular flexibility index (Phi) is 14.1. The molecule has 0 N–H and O–H groups in total. The monoisotopic (exact) mass is 314 g/mol. The molecule has 4 nitrogen and oxygen atoms in total. The van der Waals surface area contributed by atoms with E-state index in [9.17, 15) is 9.59 Å². The van der Waals surface area contributed by atoms with Gasteiger partial charge in [0.2, 0.25) is 0 Å². The van der Waals surface area contributed by atoms with E-state index in [2.05, 4.69) is 20.8 Å². The van der Waals surface area contributed by atoms with Crippen molar-refractivity contribution >= 4 is 11.9 Å². The minimum absolute atomic E-state index is 0.267. The van der Waals surface area contributed by atoms with Crippen molar-refractivity contribution in [3.05, 3.63) is 0 Å². The van der Waals surface area contributed by atoms with Crippen LogP contribution in [0.25, 0.3) is 0 Å². The van der Waals surface area contributed by atoms with Gasteiger partial charge < -0.3 is 9.47 Å². The molecule has 0 rings (SSSR count). The van der Waals surface area contributed by atoms with Crippen LogP contribution in [0.1, 0.15) is 85.0 Å². The van der Waals surface area contributed by atoms with Gasteiger partial charge in [0.1, 0.15) is 6.42 Å². The third-order valence-electron chi connectivity index (χ3n) is 3.93. The Morgan fingerprint density at radius 1 is 0.773 bits per heavy atom. The summed E-state index contributed by atoms with van der Waals surface area (Å²) in [4.78, 5) is 23.0. The quantitative estimate of drug-likeness (QED) is 0.266. The average molecular weight is 314 g/mol. The Bertz CT molecular complexity index is 285. The molecule has 0 aliphatic rings. The first kappa shape index (κ1) is 20.9. The van der Waals surface area contributed by atoms with Crippen LogP contribution in [0, 0.1) is 5.92 Å². The highest BCUT2D eigenvalue weighted by Gasteiger charge is 2.13. The van der Waals surface area contributed by atoms with E-state index < -0.39 is 11.9 Å². The molecule has 0 aromatic carbocycles. The molecule has 0 saturated carbocycles. The Hall–Kier alpha value is -1.06. The molecule has 0 spiro atoms. The zero-order valence-corrected chi connectivity index (χ0v) is 14.7. The number of rotatable bonds is 14. The van der Waals surface area contributed by atoms with Crippen molar-refractivity contribution in [1.29, 1.82) is 0 Å². The summed E-state index contributed by atoms with van der Waals surface area (Å²) in [5, 5.41) is 0. The standard InChI is InChI=1S/C18H34O4/c1-4-7-8-9-10-11-12-13-21-17(19)14-18(20)22-15-16(5-2)6-3/h16H,4-15H2,1-3H3. The maximum absolute atomic E-state index is 11.5. The molecular formula is C18H34O4. The van der Waals surface area contributed by atoms with E-state index in [0.717, 1.165) is 25.7 Å². The molecule has 0 aliphatic heterocycles. The van der Waals surface area contributed by atoms with Gasteiger partial charge >= 0.3 is 11.9 Å². The Morgan fingerprint density at radius 2 is 1.32 bits per heavy atom. The van der Waals surface area contributed by atoms with E-state index in [1.807, 2.05) is 0 Å². The molecule has 0 bridgehead atoms. The van der Waals surface area contributed by atoms with E-state index >= 15 is 0 Å². The van der Waals surface area contributed by atoms with Gasteiger partial charge in [-0.2, -0.15) is 0 Å². The predicted octanol–water partition coefficient (Wildman–Crippen LogP) is 4.65. The van der Waals surface area contributed by atoms with Gasteiger partial charge in [-0.3, -0.25) is 9.59 Å². The SMILES string of the molecule is CCCCCCCCCOC(=O)CC(=O)OCC(CC)CC. The van der Waals surface area contributed by atoms with Crippen molar-refractivity contribution < 1.29 is 19.1 Å². The van der Waals surface area contributed by atoms with Crippen LogP contribution in [0.5, 0.6) is 0 Å². The van der Waals surface area contributed by atoms with E-state index in [4.69, 9.17) is 9.47 Å². The maximum atomic E-state index is 11.5. The molecule has 0 aromatic rings. The second-order valence-corrected chi connectivity index (χ2v) is 5.88. The number of ether oxygens (including phenoxy) is 2. The van der Waals surface area contributed by atoms with Crippen LogP contribution in [0.4, 0.5) is 0 Å². The third-order valence-corrected chi connectivity index (χ3v) is 3.93. The van der Waals surface area contributed by atoms with Crippen molar-refractivity contribution in [2.24, 2.45) is 5.92 Å². The zero-order chi connectivity index (χ0) is 16.6. The smallest absolute Gasteiger partial charge is 0.317 e. The lowest BCUT2D eigenvalue weighted by Crippen LogP contribution is -2.17. The van der Waals surface area contributed by atoms with Crippen LogP contribution in [0.3, 0.4) is 0 Å². The molecule has 0 radical (unpaired) electrons. The van der Waals surface area contributed by atoms with Crippen LogP contribution in [-0.4, -0.2) is 25.2 Å². The van der Waals surface area contributed by atoms with Crippen LogP contribution in [0.15, 0.2) is 0 Å². The van der Waals surface area contributed by atoms with E-state index in [1.54, 1.807) is 0 Å². The first-order valence-electron chi connectivity index (χ1n) is 8.95. The van der Waals surface area contributed by atoms with Crippen LogP contribution in [-0.2, 0) is 19.1 Å². The van der Waals surface area contributed by atoms with Crippen molar-refractivity contribution in [2.75, 3.05) is 13.2 Å². The highest BCUT2D eigenvalue weighted by atomic mass is 16.6. The van der Waals surface area contributed by atoms with Crippen molar-refractivity contribution in [1.82, 2.24) is 0 Å². The van der Waals surface area contributed by atoms with E-state index in [0.29, 0.717) is 19.1 Å². The van der Waals surface area contributed by atoms with Crippen LogP contribution >= 0.6 is 0 Å². The minimum Gasteiger partial charge on any atom is -0.465 e. The largest absolute Gasteiger partial charge is 0.465 e. The Morgan fingerprint density at radius 3 is 1.91 bits per heavy atom. The van der Waals surface area contributed by atoms with Crippen LogP contribution < -0.4 is 0 Å². The van der Waals surface area contributed by atoms with Gasteiger partial charge in [-0.15, -0.1) is 0 Å².